The average Bonchev–Trinajstić information content (AvgIpc) is 3.13. The van der Waals surface area contributed by atoms with E-state index < -0.39 is 0 Å². The molecule has 130 valence electrons. The molecular formula is C20H22BrN3S. The predicted octanol–water partition coefficient (Wildman–Crippen LogP) is 4.29. The molecule has 4 rings (SSSR count). The van der Waals surface area contributed by atoms with Gasteiger partial charge in [0.2, 0.25) is 0 Å². The van der Waals surface area contributed by atoms with E-state index in [1.54, 1.807) is 0 Å². The molecular weight excluding hydrogens is 394 g/mol. The lowest BCUT2D eigenvalue weighted by Gasteiger charge is -2.37. The Morgan fingerprint density at radius 3 is 2.32 bits per heavy atom. The first-order valence-electron chi connectivity index (χ1n) is 8.78. The van der Waals surface area contributed by atoms with Crippen LogP contribution in [-0.2, 0) is 6.42 Å². The highest BCUT2D eigenvalue weighted by atomic mass is 79.9. The summed E-state index contributed by atoms with van der Waals surface area (Å²) in [6.07, 6.45) is 1.09. The maximum Gasteiger partial charge on any atom is 0.159 e. The minimum absolute atomic E-state index is 0.573. The highest BCUT2D eigenvalue weighted by molar-refractivity contribution is 9.10. The van der Waals surface area contributed by atoms with Crippen LogP contribution in [0.2, 0.25) is 0 Å². The van der Waals surface area contributed by atoms with Crippen LogP contribution < -0.4 is 4.90 Å². The number of para-hydroxylation sites is 1. The molecule has 3 nitrogen and oxygen atoms in total. The van der Waals surface area contributed by atoms with Crippen molar-refractivity contribution in [3.05, 3.63) is 64.6 Å². The molecule has 2 heterocycles. The largest absolute Gasteiger partial charge is 0.368 e. The van der Waals surface area contributed by atoms with Gasteiger partial charge in [-0.05, 0) is 36.2 Å². The molecule has 0 spiro atoms. The highest BCUT2D eigenvalue weighted by Crippen LogP contribution is 2.28. The van der Waals surface area contributed by atoms with E-state index in [1.807, 2.05) is 11.8 Å². The molecule has 0 N–H and O–H groups in total. The molecule has 25 heavy (non-hydrogen) atoms. The third kappa shape index (κ3) is 4.21. The molecule has 1 fully saturated rings. The van der Waals surface area contributed by atoms with Crippen LogP contribution in [0.4, 0.5) is 5.69 Å². The highest BCUT2D eigenvalue weighted by Gasteiger charge is 2.26. The molecule has 2 aromatic carbocycles. The summed E-state index contributed by atoms with van der Waals surface area (Å²) in [7, 11) is 0. The number of amidine groups is 1. The molecule has 0 saturated carbocycles. The van der Waals surface area contributed by atoms with Crippen molar-refractivity contribution in [2.75, 3.05) is 37.6 Å². The SMILES string of the molecule is Brc1ccc(C[C@H]2CN=C(N3CCN(c4ccccc4)CC3)S2)cc1. The first-order valence-corrected chi connectivity index (χ1v) is 10.5. The summed E-state index contributed by atoms with van der Waals surface area (Å²) in [4.78, 5) is 9.76. The second-order valence-corrected chi connectivity index (χ2v) is 8.69. The fourth-order valence-electron chi connectivity index (χ4n) is 3.36. The summed E-state index contributed by atoms with van der Waals surface area (Å²) in [5, 5.41) is 1.82. The fraction of sp³-hybridized carbons (Fsp3) is 0.350. The summed E-state index contributed by atoms with van der Waals surface area (Å²) in [6, 6.07) is 19.4. The number of thioether (sulfide) groups is 1. The summed E-state index contributed by atoms with van der Waals surface area (Å²) in [5.41, 5.74) is 2.72. The molecule has 0 amide bonds. The Morgan fingerprint density at radius 1 is 0.920 bits per heavy atom. The first-order chi connectivity index (χ1) is 12.3. The topological polar surface area (TPSA) is 18.8 Å². The number of benzene rings is 2. The number of piperazine rings is 1. The van der Waals surface area contributed by atoms with E-state index in [4.69, 9.17) is 4.99 Å². The van der Waals surface area contributed by atoms with Gasteiger partial charge in [-0.1, -0.05) is 58.0 Å². The van der Waals surface area contributed by atoms with Crippen LogP contribution >= 0.6 is 27.7 Å². The zero-order valence-corrected chi connectivity index (χ0v) is 16.5. The van der Waals surface area contributed by atoms with Gasteiger partial charge < -0.3 is 9.80 Å². The van der Waals surface area contributed by atoms with E-state index in [2.05, 4.69) is 80.3 Å². The van der Waals surface area contributed by atoms with Gasteiger partial charge in [0.15, 0.2) is 5.17 Å². The molecule has 0 bridgehead atoms. The van der Waals surface area contributed by atoms with Crippen molar-refractivity contribution in [1.82, 2.24) is 4.90 Å². The Labute approximate surface area is 162 Å². The van der Waals surface area contributed by atoms with Crippen molar-refractivity contribution < 1.29 is 0 Å². The maximum atomic E-state index is 4.83. The second kappa shape index (κ2) is 7.83. The van der Waals surface area contributed by atoms with Gasteiger partial charge in [0, 0.05) is 41.6 Å². The van der Waals surface area contributed by atoms with Gasteiger partial charge in [0.05, 0.1) is 6.54 Å². The summed E-state index contributed by atoms with van der Waals surface area (Å²) >= 11 is 5.46. The van der Waals surface area contributed by atoms with Crippen LogP contribution in [0.3, 0.4) is 0 Å². The predicted molar refractivity (Wildman–Crippen MR) is 112 cm³/mol. The Balaban J connectivity index is 1.29. The fourth-order valence-corrected chi connectivity index (χ4v) is 4.83. The lowest BCUT2D eigenvalue weighted by Crippen LogP contribution is -2.47. The second-order valence-electron chi connectivity index (χ2n) is 6.50. The zero-order chi connectivity index (χ0) is 17.1. The number of hydrogen-bond donors (Lipinski definition) is 0. The van der Waals surface area contributed by atoms with E-state index in [-0.39, 0.29) is 0 Å². The van der Waals surface area contributed by atoms with Crippen molar-refractivity contribution >= 4 is 38.5 Å². The Morgan fingerprint density at radius 2 is 1.60 bits per heavy atom. The third-order valence-electron chi connectivity index (χ3n) is 4.75. The van der Waals surface area contributed by atoms with Gasteiger partial charge in [-0.2, -0.15) is 0 Å². The van der Waals surface area contributed by atoms with Gasteiger partial charge in [0.1, 0.15) is 0 Å². The lowest BCUT2D eigenvalue weighted by molar-refractivity contribution is 0.392. The van der Waals surface area contributed by atoms with Crippen LogP contribution in [-0.4, -0.2) is 48.0 Å². The number of nitrogens with zero attached hydrogens (tertiary/aromatic N) is 3. The number of hydrogen-bond acceptors (Lipinski definition) is 4. The minimum atomic E-state index is 0.573. The van der Waals surface area contributed by atoms with E-state index in [0.29, 0.717) is 5.25 Å². The van der Waals surface area contributed by atoms with E-state index in [1.165, 1.54) is 16.4 Å². The van der Waals surface area contributed by atoms with Gasteiger partial charge in [0.25, 0.3) is 0 Å². The summed E-state index contributed by atoms with van der Waals surface area (Å²) < 4.78 is 1.14. The maximum absolute atomic E-state index is 4.83. The minimum Gasteiger partial charge on any atom is -0.368 e. The number of anilines is 1. The van der Waals surface area contributed by atoms with Crippen LogP contribution in [0.1, 0.15) is 5.56 Å². The first kappa shape index (κ1) is 17.0. The van der Waals surface area contributed by atoms with Crippen LogP contribution in [0.15, 0.2) is 64.1 Å². The van der Waals surface area contributed by atoms with Crippen molar-refractivity contribution in [2.45, 2.75) is 11.7 Å². The molecule has 0 radical (unpaired) electrons. The Hall–Kier alpha value is -1.46. The van der Waals surface area contributed by atoms with Crippen molar-refractivity contribution in [1.29, 1.82) is 0 Å². The molecule has 2 aromatic rings. The van der Waals surface area contributed by atoms with Gasteiger partial charge in [-0.3, -0.25) is 4.99 Å². The molecule has 1 saturated heterocycles. The Bertz CT molecular complexity index is 724. The molecule has 0 aromatic heterocycles. The van der Waals surface area contributed by atoms with Crippen molar-refractivity contribution in [3.8, 4) is 0 Å². The zero-order valence-electron chi connectivity index (χ0n) is 14.1. The summed E-state index contributed by atoms with van der Waals surface area (Å²) in [6.45, 7) is 5.20. The molecule has 2 aliphatic rings. The molecule has 1 atom stereocenters. The molecule has 2 aliphatic heterocycles. The van der Waals surface area contributed by atoms with Gasteiger partial charge >= 0.3 is 0 Å². The van der Waals surface area contributed by atoms with Crippen LogP contribution in [0.5, 0.6) is 0 Å². The monoisotopic (exact) mass is 415 g/mol. The van der Waals surface area contributed by atoms with Crippen LogP contribution in [0.25, 0.3) is 0 Å². The lowest BCUT2D eigenvalue weighted by atomic mass is 10.1. The van der Waals surface area contributed by atoms with Crippen LogP contribution in [0, 0.1) is 0 Å². The molecule has 0 unspecified atom stereocenters. The molecule has 0 aliphatic carbocycles. The van der Waals surface area contributed by atoms with Gasteiger partial charge in [-0.25, -0.2) is 0 Å². The normalized spacial score (nSPS) is 20.7. The van der Waals surface area contributed by atoms with E-state index >= 15 is 0 Å². The van der Waals surface area contributed by atoms with E-state index in [9.17, 15) is 0 Å². The van der Waals surface area contributed by atoms with Crippen molar-refractivity contribution in [2.24, 2.45) is 4.99 Å². The third-order valence-corrected chi connectivity index (χ3v) is 6.53. The number of rotatable bonds is 3. The smallest absolute Gasteiger partial charge is 0.159 e. The van der Waals surface area contributed by atoms with E-state index in [0.717, 1.165) is 43.6 Å². The number of aliphatic imine (C=N–C) groups is 1. The molecule has 5 heteroatoms. The Kier molecular flexibility index (Phi) is 5.32. The van der Waals surface area contributed by atoms with Crippen molar-refractivity contribution in [3.63, 3.8) is 0 Å². The van der Waals surface area contributed by atoms with Gasteiger partial charge in [-0.15, -0.1) is 0 Å². The summed E-state index contributed by atoms with van der Waals surface area (Å²) in [5.74, 6) is 0. The average molecular weight is 416 g/mol. The number of halogens is 1. The quantitative estimate of drug-likeness (QED) is 0.744. The standard InChI is InChI=1S/C20H22BrN3S/c21-17-8-6-16(7-9-17)14-19-15-22-20(25-19)24-12-10-23(11-13-24)18-4-2-1-3-5-18/h1-9,19H,10-15H2/t19-/m0/s1.